The number of ether oxygens (including phenoxy) is 1. The third kappa shape index (κ3) is 4.39. The van der Waals surface area contributed by atoms with Crippen LogP contribution >= 0.6 is 0 Å². The molecule has 0 fully saturated rings. The highest BCUT2D eigenvalue weighted by Crippen LogP contribution is 2.18. The molecule has 0 aliphatic heterocycles. The van der Waals surface area contributed by atoms with E-state index in [4.69, 9.17) is 0 Å². The normalized spacial score (nSPS) is 10.8. The summed E-state index contributed by atoms with van der Waals surface area (Å²) in [6.45, 7) is 3.98. The Bertz CT molecular complexity index is 1420. The van der Waals surface area contributed by atoms with Crippen LogP contribution in [0.4, 0.5) is 0 Å². The van der Waals surface area contributed by atoms with Gasteiger partial charge in [0.25, 0.3) is 11.5 Å². The second-order valence-corrected chi connectivity index (χ2v) is 7.73. The van der Waals surface area contributed by atoms with Crippen molar-refractivity contribution in [2.24, 2.45) is 0 Å². The molecular formula is C26H23N3O4. The molecular weight excluding hydrogens is 418 g/mol. The highest BCUT2D eigenvalue weighted by Gasteiger charge is 2.16. The molecule has 0 aliphatic carbocycles. The molecule has 33 heavy (non-hydrogen) atoms. The van der Waals surface area contributed by atoms with Crippen molar-refractivity contribution in [3.63, 3.8) is 0 Å². The van der Waals surface area contributed by atoms with Gasteiger partial charge in [-0.1, -0.05) is 29.8 Å². The molecule has 0 spiro atoms. The minimum atomic E-state index is -0.472. The maximum atomic E-state index is 13.4. The van der Waals surface area contributed by atoms with Crippen molar-refractivity contribution in [2.45, 2.75) is 20.4 Å². The number of nitrogens with one attached hydrogen (secondary N) is 1. The Hall–Kier alpha value is -4.26. The summed E-state index contributed by atoms with van der Waals surface area (Å²) in [7, 11) is 1.30. The Morgan fingerprint density at radius 3 is 2.36 bits per heavy atom. The quantitative estimate of drug-likeness (QED) is 0.477. The summed E-state index contributed by atoms with van der Waals surface area (Å²) in [5.41, 5.74) is 3.84. The van der Waals surface area contributed by atoms with Gasteiger partial charge in [0.05, 0.1) is 35.8 Å². The van der Waals surface area contributed by atoms with Crippen LogP contribution in [-0.2, 0) is 11.3 Å². The monoisotopic (exact) mass is 441 g/mol. The maximum absolute atomic E-state index is 13.4. The minimum Gasteiger partial charge on any atom is -0.465 e. The number of amides is 1. The van der Waals surface area contributed by atoms with E-state index >= 15 is 0 Å². The number of carbonyl (C=O) groups excluding carboxylic acids is 2. The molecule has 1 heterocycles. The molecule has 7 nitrogen and oxygen atoms in total. The van der Waals surface area contributed by atoms with Gasteiger partial charge in [0.2, 0.25) is 0 Å². The van der Waals surface area contributed by atoms with Crippen molar-refractivity contribution in [1.82, 2.24) is 14.9 Å². The van der Waals surface area contributed by atoms with E-state index in [1.165, 1.54) is 19.2 Å². The number of para-hydroxylation sites is 1. The Morgan fingerprint density at radius 2 is 1.67 bits per heavy atom. The van der Waals surface area contributed by atoms with Gasteiger partial charge in [0, 0.05) is 5.56 Å². The van der Waals surface area contributed by atoms with E-state index in [-0.39, 0.29) is 18.0 Å². The van der Waals surface area contributed by atoms with Crippen LogP contribution in [0.1, 0.15) is 37.7 Å². The lowest BCUT2D eigenvalue weighted by atomic mass is 10.1. The molecule has 0 radical (unpaired) electrons. The molecule has 0 aliphatic rings. The Kier molecular flexibility index (Phi) is 6.04. The smallest absolute Gasteiger partial charge is 0.337 e. The van der Waals surface area contributed by atoms with Crippen molar-refractivity contribution < 1.29 is 14.3 Å². The zero-order valence-electron chi connectivity index (χ0n) is 18.6. The number of fused-ring (bicyclic) bond motifs is 1. The largest absolute Gasteiger partial charge is 0.465 e. The van der Waals surface area contributed by atoms with Crippen LogP contribution in [0.5, 0.6) is 0 Å². The lowest BCUT2D eigenvalue weighted by Crippen LogP contribution is -2.30. The Labute approximate surface area is 190 Å². The topological polar surface area (TPSA) is 90.3 Å². The summed E-state index contributed by atoms with van der Waals surface area (Å²) < 4.78 is 6.23. The summed E-state index contributed by atoms with van der Waals surface area (Å²) in [5, 5.41) is 3.34. The van der Waals surface area contributed by atoms with Gasteiger partial charge in [-0.25, -0.2) is 9.78 Å². The van der Waals surface area contributed by atoms with E-state index in [0.29, 0.717) is 27.9 Å². The molecule has 3 aromatic carbocycles. The number of rotatable bonds is 5. The molecule has 166 valence electrons. The number of methoxy groups -OCH3 is 1. The van der Waals surface area contributed by atoms with Crippen molar-refractivity contribution in [2.75, 3.05) is 7.11 Å². The van der Waals surface area contributed by atoms with Gasteiger partial charge < -0.3 is 10.1 Å². The predicted molar refractivity (Wildman–Crippen MR) is 126 cm³/mol. The van der Waals surface area contributed by atoms with Crippen LogP contribution in [0.2, 0.25) is 0 Å². The van der Waals surface area contributed by atoms with E-state index in [2.05, 4.69) is 15.0 Å². The second-order valence-electron chi connectivity index (χ2n) is 7.73. The summed E-state index contributed by atoms with van der Waals surface area (Å²) in [6.07, 6.45) is 0. The number of nitrogens with zero attached hydrogens (tertiary/aromatic N) is 2. The maximum Gasteiger partial charge on any atom is 0.337 e. The van der Waals surface area contributed by atoms with Crippen molar-refractivity contribution in [1.29, 1.82) is 0 Å². The summed E-state index contributed by atoms with van der Waals surface area (Å²) in [6, 6.07) is 19.1. The molecule has 0 atom stereocenters. The van der Waals surface area contributed by atoms with E-state index < -0.39 is 5.97 Å². The van der Waals surface area contributed by atoms with Crippen LogP contribution in [0.3, 0.4) is 0 Å². The number of hydrogen-bond donors (Lipinski definition) is 1. The van der Waals surface area contributed by atoms with Crippen molar-refractivity contribution in [3.05, 3.63) is 105 Å². The number of benzene rings is 3. The predicted octanol–water partition coefficient (Wildman–Crippen LogP) is 3.72. The number of carbonyl (C=O) groups is 2. The van der Waals surface area contributed by atoms with E-state index in [1.54, 1.807) is 34.9 Å². The van der Waals surface area contributed by atoms with Crippen LogP contribution in [0.25, 0.3) is 16.6 Å². The molecule has 1 N–H and O–H groups in total. The van der Waals surface area contributed by atoms with Gasteiger partial charge in [0.1, 0.15) is 5.82 Å². The Morgan fingerprint density at radius 1 is 0.970 bits per heavy atom. The van der Waals surface area contributed by atoms with Crippen molar-refractivity contribution in [3.8, 4) is 5.69 Å². The van der Waals surface area contributed by atoms with Crippen LogP contribution in [0, 0.1) is 13.8 Å². The van der Waals surface area contributed by atoms with Gasteiger partial charge >= 0.3 is 5.97 Å². The summed E-state index contributed by atoms with van der Waals surface area (Å²) in [4.78, 5) is 42.4. The third-order valence-electron chi connectivity index (χ3n) is 5.41. The molecule has 0 saturated heterocycles. The lowest BCUT2D eigenvalue weighted by molar-refractivity contribution is 0.0600. The number of hydrogen-bond acceptors (Lipinski definition) is 5. The molecule has 1 amide bonds. The minimum absolute atomic E-state index is 0.0466. The van der Waals surface area contributed by atoms with E-state index in [0.717, 1.165) is 16.8 Å². The lowest BCUT2D eigenvalue weighted by Gasteiger charge is -2.16. The molecule has 4 rings (SSSR count). The average molecular weight is 441 g/mol. The first kappa shape index (κ1) is 22.0. The average Bonchev–Trinajstić information content (AvgIpc) is 2.83. The highest BCUT2D eigenvalue weighted by atomic mass is 16.5. The fraction of sp³-hybridized carbons (Fsp3) is 0.154. The van der Waals surface area contributed by atoms with Gasteiger partial charge in [-0.05, 0) is 61.9 Å². The summed E-state index contributed by atoms with van der Waals surface area (Å²) >= 11 is 0. The second kappa shape index (κ2) is 9.08. The third-order valence-corrected chi connectivity index (χ3v) is 5.41. The molecule has 0 saturated carbocycles. The fourth-order valence-corrected chi connectivity index (χ4v) is 3.74. The number of esters is 1. The van der Waals surface area contributed by atoms with E-state index in [9.17, 15) is 14.4 Å². The van der Waals surface area contributed by atoms with Crippen LogP contribution < -0.4 is 10.9 Å². The van der Waals surface area contributed by atoms with Crippen LogP contribution in [-0.4, -0.2) is 28.5 Å². The molecule has 0 bridgehead atoms. The summed E-state index contributed by atoms with van der Waals surface area (Å²) in [5.74, 6) is -0.397. The first-order valence-corrected chi connectivity index (χ1v) is 10.4. The van der Waals surface area contributed by atoms with Crippen LogP contribution in [0.15, 0.2) is 71.5 Å². The van der Waals surface area contributed by atoms with Gasteiger partial charge in [-0.3, -0.25) is 14.2 Å². The van der Waals surface area contributed by atoms with Gasteiger partial charge in [-0.2, -0.15) is 0 Å². The zero-order chi connectivity index (χ0) is 23.5. The Balaban J connectivity index is 1.70. The highest BCUT2D eigenvalue weighted by molar-refractivity contribution is 5.96. The molecule has 0 unspecified atom stereocenters. The molecule has 7 heteroatoms. The number of aryl methyl sites for hydroxylation is 2. The zero-order valence-corrected chi connectivity index (χ0v) is 18.6. The first-order chi connectivity index (χ1) is 15.9. The fourth-order valence-electron chi connectivity index (χ4n) is 3.74. The standard InChI is InChI=1S/C26H23N3O4/c1-16-8-13-22(17(2)14-16)29-23(28-21-7-5-4-6-20(21)25(29)31)15-27-24(30)18-9-11-19(12-10-18)26(32)33-3/h4-14H,15H2,1-3H3,(H,27,30). The van der Waals surface area contributed by atoms with Crippen molar-refractivity contribution >= 4 is 22.8 Å². The van der Waals surface area contributed by atoms with Gasteiger partial charge in [-0.15, -0.1) is 0 Å². The van der Waals surface area contributed by atoms with E-state index in [1.807, 2.05) is 38.1 Å². The molecule has 1 aromatic heterocycles. The number of aromatic nitrogens is 2. The van der Waals surface area contributed by atoms with Gasteiger partial charge in [0.15, 0.2) is 0 Å². The first-order valence-electron chi connectivity index (χ1n) is 10.4. The SMILES string of the molecule is COC(=O)c1ccc(C(=O)NCc2nc3ccccc3c(=O)n2-c2ccc(C)cc2C)cc1. The molecule has 4 aromatic rings.